The first-order valence-corrected chi connectivity index (χ1v) is 8.82. The van der Waals surface area contributed by atoms with Gasteiger partial charge in [-0.15, -0.1) is 0 Å². The van der Waals surface area contributed by atoms with Gasteiger partial charge in [0.25, 0.3) is 5.91 Å². The number of halogens is 2. The van der Waals surface area contributed by atoms with E-state index >= 15 is 0 Å². The van der Waals surface area contributed by atoms with Gasteiger partial charge >= 0.3 is 5.97 Å². The molecule has 6 nitrogen and oxygen atoms in total. The van der Waals surface area contributed by atoms with E-state index in [4.69, 9.17) is 5.11 Å². The Morgan fingerprint density at radius 1 is 1.04 bits per heavy atom. The van der Waals surface area contributed by atoms with E-state index in [1.54, 1.807) is 0 Å². The van der Waals surface area contributed by atoms with E-state index in [9.17, 15) is 23.2 Å². The van der Waals surface area contributed by atoms with Crippen molar-refractivity contribution in [2.75, 3.05) is 13.1 Å². The Labute approximate surface area is 157 Å². The number of fused-ring (bicyclic) bond motifs is 2. The molecular weight excluding hydrogens is 370 g/mol. The molecule has 0 bridgehead atoms. The van der Waals surface area contributed by atoms with Crippen molar-refractivity contribution in [2.45, 2.75) is 12.8 Å². The van der Waals surface area contributed by atoms with Crippen LogP contribution in [0.2, 0.25) is 0 Å². The second-order valence-electron chi connectivity index (χ2n) is 6.92. The predicted molar refractivity (Wildman–Crippen MR) is 98.3 cm³/mol. The molecule has 28 heavy (non-hydrogen) atoms. The molecule has 0 saturated carbocycles. The van der Waals surface area contributed by atoms with Crippen molar-refractivity contribution >= 4 is 33.7 Å². The third kappa shape index (κ3) is 3.00. The van der Waals surface area contributed by atoms with Gasteiger partial charge in [-0.3, -0.25) is 14.4 Å². The molecule has 0 unspecified atom stereocenters. The average molecular weight is 386 g/mol. The van der Waals surface area contributed by atoms with Crippen LogP contribution in [0.1, 0.15) is 23.2 Å². The number of nitrogens with zero attached hydrogens (tertiary/aromatic N) is 1. The lowest BCUT2D eigenvalue weighted by atomic mass is 9.96. The number of carboxylic acid groups (broad SMARTS) is 1. The van der Waals surface area contributed by atoms with Crippen LogP contribution >= 0.6 is 0 Å². The minimum absolute atomic E-state index is 0.00731. The van der Waals surface area contributed by atoms with Gasteiger partial charge < -0.3 is 15.0 Å². The van der Waals surface area contributed by atoms with Gasteiger partial charge in [0.2, 0.25) is 0 Å². The molecule has 2 N–H and O–H groups in total. The van der Waals surface area contributed by atoms with Crippen LogP contribution in [0.4, 0.5) is 8.78 Å². The molecule has 2 heterocycles. The number of amides is 1. The van der Waals surface area contributed by atoms with Gasteiger partial charge in [0.15, 0.2) is 5.43 Å². The Kier molecular flexibility index (Phi) is 4.33. The Morgan fingerprint density at radius 3 is 2.39 bits per heavy atom. The van der Waals surface area contributed by atoms with E-state index in [1.165, 1.54) is 17.0 Å². The van der Waals surface area contributed by atoms with E-state index in [0.29, 0.717) is 18.4 Å². The minimum Gasteiger partial charge on any atom is -0.481 e. The molecule has 1 saturated heterocycles. The number of H-pyrrole nitrogens is 1. The van der Waals surface area contributed by atoms with Gasteiger partial charge in [-0.1, -0.05) is 0 Å². The maximum absolute atomic E-state index is 14.2. The van der Waals surface area contributed by atoms with Crippen molar-refractivity contribution < 1.29 is 23.5 Å². The summed E-state index contributed by atoms with van der Waals surface area (Å²) in [6, 6.07) is 5.72. The summed E-state index contributed by atoms with van der Waals surface area (Å²) in [6.07, 6.45) is 0.625. The van der Waals surface area contributed by atoms with Gasteiger partial charge in [-0.2, -0.15) is 0 Å². The van der Waals surface area contributed by atoms with E-state index in [2.05, 4.69) is 4.98 Å². The summed E-state index contributed by atoms with van der Waals surface area (Å²) in [5, 5.41) is 9.12. The number of aromatic nitrogens is 1. The first-order valence-electron chi connectivity index (χ1n) is 8.82. The van der Waals surface area contributed by atoms with E-state index < -0.39 is 34.9 Å². The van der Waals surface area contributed by atoms with Crippen LogP contribution < -0.4 is 5.43 Å². The highest BCUT2D eigenvalue weighted by Crippen LogP contribution is 2.24. The van der Waals surface area contributed by atoms with Gasteiger partial charge in [0.1, 0.15) is 11.6 Å². The Hall–Kier alpha value is -3.29. The predicted octanol–water partition coefficient (Wildman–Crippen LogP) is 2.90. The quantitative estimate of drug-likeness (QED) is 0.663. The molecule has 3 aromatic rings. The van der Waals surface area contributed by atoms with Crippen LogP contribution in [0.25, 0.3) is 21.8 Å². The van der Waals surface area contributed by atoms with E-state index in [0.717, 1.165) is 18.2 Å². The normalized spacial score (nSPS) is 15.3. The zero-order chi connectivity index (χ0) is 20.0. The fraction of sp³-hybridized carbons (Fsp3) is 0.250. The fourth-order valence-corrected chi connectivity index (χ4v) is 3.68. The number of hydrogen-bond donors (Lipinski definition) is 2. The highest BCUT2D eigenvalue weighted by atomic mass is 19.1. The second kappa shape index (κ2) is 6.70. The summed E-state index contributed by atoms with van der Waals surface area (Å²) in [6.45, 7) is 0.466. The van der Waals surface area contributed by atoms with Gasteiger partial charge in [0.05, 0.1) is 17.0 Å². The first kappa shape index (κ1) is 18.1. The van der Waals surface area contributed by atoms with Crippen LogP contribution in [0.15, 0.2) is 35.1 Å². The lowest BCUT2D eigenvalue weighted by Gasteiger charge is -2.30. The highest BCUT2D eigenvalue weighted by Gasteiger charge is 2.29. The standard InChI is InChI=1S/C20H16F2N2O4/c21-11-1-2-16-13(7-11)18(25)14-8-12(22)9-15(17(14)23-16)19(26)24-5-3-10(4-6-24)20(27)28/h1-2,7-10H,3-6H2,(H,23,25)(H,27,28). The molecule has 1 amide bonds. The highest BCUT2D eigenvalue weighted by molar-refractivity contribution is 6.07. The minimum atomic E-state index is -0.897. The Morgan fingerprint density at radius 2 is 1.71 bits per heavy atom. The number of benzene rings is 2. The molecule has 0 spiro atoms. The van der Waals surface area contributed by atoms with Crippen molar-refractivity contribution in [1.29, 1.82) is 0 Å². The second-order valence-corrected chi connectivity index (χ2v) is 6.92. The number of carbonyl (C=O) groups excluding carboxylic acids is 1. The molecule has 0 aliphatic carbocycles. The summed E-state index contributed by atoms with van der Waals surface area (Å²) < 4.78 is 27.7. The van der Waals surface area contributed by atoms with Crippen LogP contribution in [0.5, 0.6) is 0 Å². The van der Waals surface area contributed by atoms with Crippen molar-refractivity contribution in [1.82, 2.24) is 9.88 Å². The number of piperidine rings is 1. The summed E-state index contributed by atoms with van der Waals surface area (Å²) in [7, 11) is 0. The summed E-state index contributed by atoms with van der Waals surface area (Å²) in [5.41, 5.74) is -0.0616. The maximum Gasteiger partial charge on any atom is 0.306 e. The van der Waals surface area contributed by atoms with Crippen LogP contribution in [0, 0.1) is 17.6 Å². The van der Waals surface area contributed by atoms with Crippen molar-refractivity contribution in [3.63, 3.8) is 0 Å². The molecule has 144 valence electrons. The van der Waals surface area contributed by atoms with Gasteiger partial charge in [0, 0.05) is 29.4 Å². The fourth-order valence-electron chi connectivity index (χ4n) is 3.68. The van der Waals surface area contributed by atoms with Crippen molar-refractivity contribution in [2.24, 2.45) is 5.92 Å². The molecule has 1 fully saturated rings. The van der Waals surface area contributed by atoms with Gasteiger partial charge in [-0.05, 0) is 43.2 Å². The number of aromatic amines is 1. The number of nitrogens with one attached hydrogen (secondary N) is 1. The lowest BCUT2D eigenvalue weighted by Crippen LogP contribution is -2.40. The molecule has 0 radical (unpaired) electrons. The van der Waals surface area contributed by atoms with Crippen LogP contribution in [-0.4, -0.2) is 40.0 Å². The monoisotopic (exact) mass is 386 g/mol. The summed E-state index contributed by atoms with van der Waals surface area (Å²) in [4.78, 5) is 41.2. The zero-order valence-corrected chi connectivity index (χ0v) is 14.7. The van der Waals surface area contributed by atoms with Crippen LogP contribution in [0.3, 0.4) is 0 Å². The number of likely N-dealkylation sites (tertiary alicyclic amines) is 1. The van der Waals surface area contributed by atoms with E-state index in [-0.39, 0.29) is 34.9 Å². The van der Waals surface area contributed by atoms with Crippen molar-refractivity contribution in [3.05, 3.63) is 57.8 Å². The number of rotatable bonds is 2. The number of aliphatic carboxylic acids is 1. The number of carboxylic acids is 1. The number of pyridine rings is 1. The Balaban J connectivity index is 1.82. The van der Waals surface area contributed by atoms with Crippen LogP contribution in [-0.2, 0) is 4.79 Å². The summed E-state index contributed by atoms with van der Waals surface area (Å²) in [5.74, 6) is -3.23. The van der Waals surface area contributed by atoms with Crippen molar-refractivity contribution in [3.8, 4) is 0 Å². The molecule has 1 aromatic heterocycles. The topological polar surface area (TPSA) is 90.5 Å². The van der Waals surface area contributed by atoms with E-state index in [1.807, 2.05) is 0 Å². The third-order valence-corrected chi connectivity index (χ3v) is 5.20. The lowest BCUT2D eigenvalue weighted by molar-refractivity contribution is -0.143. The molecule has 8 heteroatoms. The average Bonchev–Trinajstić information content (AvgIpc) is 2.68. The number of hydrogen-bond acceptors (Lipinski definition) is 3. The molecule has 4 rings (SSSR count). The Bertz CT molecular complexity index is 1180. The molecule has 0 atom stereocenters. The smallest absolute Gasteiger partial charge is 0.306 e. The largest absolute Gasteiger partial charge is 0.481 e. The molecule has 2 aromatic carbocycles. The van der Waals surface area contributed by atoms with Gasteiger partial charge in [-0.25, -0.2) is 8.78 Å². The third-order valence-electron chi connectivity index (χ3n) is 5.20. The maximum atomic E-state index is 14.2. The SMILES string of the molecule is O=C(O)C1CCN(C(=O)c2cc(F)cc3c(=O)c4cc(F)ccc4[nH]c23)CC1. The molecular formula is C20H16F2N2O4. The first-order chi connectivity index (χ1) is 13.3. The number of carbonyl (C=O) groups is 2. The summed E-state index contributed by atoms with van der Waals surface area (Å²) >= 11 is 0. The molecule has 1 aliphatic heterocycles. The molecule has 1 aliphatic rings. The zero-order valence-electron chi connectivity index (χ0n) is 14.7.